The topological polar surface area (TPSA) is 41.6 Å². The van der Waals surface area contributed by atoms with Crippen LogP contribution in [0.3, 0.4) is 0 Å². The summed E-state index contributed by atoms with van der Waals surface area (Å²) < 4.78 is 1.99. The zero-order valence-electron chi connectivity index (χ0n) is 11.2. The van der Waals surface area contributed by atoms with Crippen molar-refractivity contribution >= 4 is 0 Å². The van der Waals surface area contributed by atoms with Gasteiger partial charge >= 0.3 is 0 Å². The first-order valence-corrected chi connectivity index (χ1v) is 6.69. The zero-order valence-corrected chi connectivity index (χ0v) is 11.2. The van der Waals surface area contributed by atoms with Gasteiger partial charge in [0.05, 0.1) is 24.7 Å². The molecule has 0 saturated heterocycles. The number of aryl methyl sites for hydroxylation is 1. The van der Waals surface area contributed by atoms with Crippen LogP contribution in [0.5, 0.6) is 0 Å². The minimum Gasteiger partial charge on any atom is -0.268 e. The smallest absolute Gasteiger partial charge is 0.0677 e. The molecule has 3 nitrogen and oxygen atoms in total. The molecular weight excluding hydrogens is 210 g/mol. The lowest BCUT2D eigenvalue weighted by Crippen LogP contribution is -2.17. The van der Waals surface area contributed by atoms with E-state index in [-0.39, 0.29) is 0 Å². The molecule has 0 bridgehead atoms. The van der Waals surface area contributed by atoms with Crippen LogP contribution in [-0.2, 0) is 0 Å². The van der Waals surface area contributed by atoms with Gasteiger partial charge in [-0.15, -0.1) is 0 Å². The Balaban J connectivity index is 0.000000686. The van der Waals surface area contributed by atoms with Crippen LogP contribution in [0.25, 0.3) is 0 Å². The molecule has 0 N–H and O–H groups in total. The van der Waals surface area contributed by atoms with Crippen molar-refractivity contribution in [1.29, 1.82) is 5.26 Å². The number of hydrogen-bond acceptors (Lipinski definition) is 2. The van der Waals surface area contributed by atoms with E-state index >= 15 is 0 Å². The molecule has 1 aromatic rings. The largest absolute Gasteiger partial charge is 0.268 e. The Bertz CT molecular complexity index is 356. The maximum atomic E-state index is 8.87. The molecule has 94 valence electrons. The van der Waals surface area contributed by atoms with E-state index < -0.39 is 0 Å². The Morgan fingerprint density at radius 3 is 2.59 bits per heavy atom. The van der Waals surface area contributed by atoms with Crippen LogP contribution in [0.2, 0.25) is 0 Å². The predicted octanol–water partition coefficient (Wildman–Crippen LogP) is 3.86. The first-order valence-electron chi connectivity index (χ1n) is 6.69. The highest BCUT2D eigenvalue weighted by atomic mass is 15.3. The van der Waals surface area contributed by atoms with Crippen molar-refractivity contribution in [3.05, 3.63) is 18.0 Å². The third kappa shape index (κ3) is 3.59. The van der Waals surface area contributed by atoms with Gasteiger partial charge in [0.2, 0.25) is 0 Å². The first-order chi connectivity index (χ1) is 8.31. The van der Waals surface area contributed by atoms with Crippen molar-refractivity contribution in [3.8, 4) is 6.07 Å². The Kier molecular flexibility index (Phi) is 5.76. The lowest BCUT2D eigenvalue weighted by Gasteiger charge is -2.21. The van der Waals surface area contributed by atoms with E-state index in [1.165, 1.54) is 31.2 Å². The second kappa shape index (κ2) is 7.11. The molecular formula is C14H23N3. The summed E-state index contributed by atoms with van der Waals surface area (Å²) in [6.45, 7) is 6.04. The van der Waals surface area contributed by atoms with E-state index in [9.17, 15) is 0 Å². The van der Waals surface area contributed by atoms with Gasteiger partial charge in [-0.2, -0.15) is 10.4 Å². The summed E-state index contributed by atoms with van der Waals surface area (Å²) >= 11 is 0. The van der Waals surface area contributed by atoms with Gasteiger partial charge in [0.1, 0.15) is 0 Å². The third-order valence-electron chi connectivity index (χ3n) is 3.31. The molecule has 2 rings (SSSR count). The van der Waals surface area contributed by atoms with Gasteiger partial charge in [-0.3, -0.25) is 4.68 Å². The van der Waals surface area contributed by atoms with Gasteiger partial charge in [-0.1, -0.05) is 26.7 Å². The van der Waals surface area contributed by atoms with Gasteiger partial charge < -0.3 is 0 Å². The quantitative estimate of drug-likeness (QED) is 0.795. The third-order valence-corrected chi connectivity index (χ3v) is 3.31. The Labute approximate surface area is 104 Å². The van der Waals surface area contributed by atoms with E-state index in [0.29, 0.717) is 18.4 Å². The molecule has 1 saturated carbocycles. The van der Waals surface area contributed by atoms with Crippen LogP contribution in [0.1, 0.15) is 57.6 Å². The van der Waals surface area contributed by atoms with Crippen LogP contribution in [0, 0.1) is 24.2 Å². The minimum atomic E-state index is 0.297. The summed E-state index contributed by atoms with van der Waals surface area (Å²) in [5.74, 6) is 0.656. The highest BCUT2D eigenvalue weighted by Gasteiger charge is 2.26. The highest BCUT2D eigenvalue weighted by Crippen LogP contribution is 2.35. The number of rotatable bonds is 3. The molecule has 1 heterocycles. The maximum absolute atomic E-state index is 8.87. The number of hydrogen-bond donors (Lipinski definition) is 0. The maximum Gasteiger partial charge on any atom is 0.0677 e. The molecule has 3 heteroatoms. The van der Waals surface area contributed by atoms with Gasteiger partial charge in [0.15, 0.2) is 0 Å². The molecule has 1 aliphatic carbocycles. The summed E-state index contributed by atoms with van der Waals surface area (Å²) in [6.07, 6.45) is 9.65. The minimum absolute atomic E-state index is 0.297. The molecule has 0 radical (unpaired) electrons. The Morgan fingerprint density at radius 2 is 2.12 bits per heavy atom. The molecule has 1 aliphatic rings. The summed E-state index contributed by atoms with van der Waals surface area (Å²) in [5, 5.41) is 13.2. The second-order valence-electron chi connectivity index (χ2n) is 4.47. The predicted molar refractivity (Wildman–Crippen MR) is 69.5 cm³/mol. The van der Waals surface area contributed by atoms with Gasteiger partial charge in [0, 0.05) is 6.20 Å². The van der Waals surface area contributed by atoms with Crippen LogP contribution in [-0.4, -0.2) is 9.78 Å². The fraction of sp³-hybridized carbons (Fsp3) is 0.714. The molecule has 1 aromatic heterocycles. The number of nitriles is 1. The summed E-state index contributed by atoms with van der Waals surface area (Å²) in [4.78, 5) is 0. The van der Waals surface area contributed by atoms with Crippen molar-refractivity contribution in [3.63, 3.8) is 0 Å². The lowest BCUT2D eigenvalue weighted by atomic mass is 9.96. The molecule has 1 unspecified atom stereocenters. The summed E-state index contributed by atoms with van der Waals surface area (Å²) in [6, 6.07) is 2.59. The molecule has 0 aromatic carbocycles. The number of nitrogens with zero attached hydrogens (tertiary/aromatic N) is 3. The van der Waals surface area contributed by atoms with Crippen molar-refractivity contribution < 1.29 is 0 Å². The van der Waals surface area contributed by atoms with Crippen molar-refractivity contribution in [1.82, 2.24) is 9.78 Å². The summed E-state index contributed by atoms with van der Waals surface area (Å²) in [7, 11) is 0. The van der Waals surface area contributed by atoms with E-state index in [4.69, 9.17) is 5.26 Å². The second-order valence-corrected chi connectivity index (χ2v) is 4.47. The van der Waals surface area contributed by atoms with Crippen LogP contribution in [0.15, 0.2) is 12.4 Å². The van der Waals surface area contributed by atoms with Crippen LogP contribution < -0.4 is 0 Å². The normalized spacial score (nSPS) is 17.1. The average Bonchev–Trinajstić information content (AvgIpc) is 3.00. The standard InChI is InChI=1S/C12H17N3.C2H6/c1-10-8-14-15(9-10)12(6-7-13)11-4-2-3-5-11;1-2/h8-9,11-12H,2-6H2,1H3;1-2H3. The van der Waals surface area contributed by atoms with E-state index in [2.05, 4.69) is 17.4 Å². The Hall–Kier alpha value is -1.30. The highest BCUT2D eigenvalue weighted by molar-refractivity contribution is 5.02. The molecule has 0 aliphatic heterocycles. The van der Waals surface area contributed by atoms with Gasteiger partial charge in [-0.05, 0) is 31.2 Å². The Morgan fingerprint density at radius 1 is 1.47 bits per heavy atom. The van der Waals surface area contributed by atoms with Crippen molar-refractivity contribution in [2.24, 2.45) is 5.92 Å². The monoisotopic (exact) mass is 233 g/mol. The fourth-order valence-corrected chi connectivity index (χ4v) is 2.53. The number of aromatic nitrogens is 2. The van der Waals surface area contributed by atoms with Crippen molar-refractivity contribution in [2.45, 2.75) is 58.9 Å². The first kappa shape index (κ1) is 13.8. The summed E-state index contributed by atoms with van der Waals surface area (Å²) in [5.41, 5.74) is 1.18. The lowest BCUT2D eigenvalue weighted by molar-refractivity contribution is 0.314. The van der Waals surface area contributed by atoms with Gasteiger partial charge in [0.25, 0.3) is 0 Å². The molecule has 0 spiro atoms. The van der Waals surface area contributed by atoms with Crippen molar-refractivity contribution in [2.75, 3.05) is 0 Å². The fourth-order valence-electron chi connectivity index (χ4n) is 2.53. The molecule has 0 amide bonds. The van der Waals surface area contributed by atoms with E-state index in [1.807, 2.05) is 31.6 Å². The SMILES string of the molecule is CC.Cc1cnn(C(CC#N)C2CCCC2)c1. The molecule has 17 heavy (non-hydrogen) atoms. The van der Waals surface area contributed by atoms with E-state index in [1.54, 1.807) is 0 Å². The molecule has 1 fully saturated rings. The zero-order chi connectivity index (χ0) is 12.7. The average molecular weight is 233 g/mol. The van der Waals surface area contributed by atoms with Crippen LogP contribution in [0.4, 0.5) is 0 Å². The van der Waals surface area contributed by atoms with Crippen LogP contribution >= 0.6 is 0 Å². The molecule has 1 atom stereocenters. The van der Waals surface area contributed by atoms with E-state index in [0.717, 1.165) is 0 Å². The van der Waals surface area contributed by atoms with Gasteiger partial charge in [-0.25, -0.2) is 0 Å².